The van der Waals surface area contributed by atoms with Crippen LogP contribution < -0.4 is 5.32 Å². The van der Waals surface area contributed by atoms with Gasteiger partial charge in [0.15, 0.2) is 0 Å². The van der Waals surface area contributed by atoms with Crippen LogP contribution in [-0.2, 0) is 10.0 Å². The van der Waals surface area contributed by atoms with Crippen molar-refractivity contribution >= 4 is 15.9 Å². The molecule has 1 atom stereocenters. The van der Waals surface area contributed by atoms with Gasteiger partial charge in [-0.25, -0.2) is 17.1 Å². The Morgan fingerprint density at radius 2 is 1.75 bits per heavy atom. The van der Waals surface area contributed by atoms with Crippen molar-refractivity contribution in [1.82, 2.24) is 9.62 Å². The number of rotatable bonds is 5. The van der Waals surface area contributed by atoms with Crippen molar-refractivity contribution in [3.8, 4) is 0 Å². The van der Waals surface area contributed by atoms with Gasteiger partial charge in [-0.2, -0.15) is 0 Å². The molecule has 0 unspecified atom stereocenters. The van der Waals surface area contributed by atoms with Crippen molar-refractivity contribution in [2.24, 2.45) is 0 Å². The van der Waals surface area contributed by atoms with Gasteiger partial charge in [0, 0.05) is 19.7 Å². The molecule has 0 radical (unpaired) electrons. The predicted octanol–water partition coefficient (Wildman–Crippen LogP) is 2.57. The van der Waals surface area contributed by atoms with Crippen molar-refractivity contribution in [2.75, 3.05) is 14.1 Å². The molecule has 0 aliphatic heterocycles. The van der Waals surface area contributed by atoms with Gasteiger partial charge in [0.05, 0.1) is 10.9 Å². The summed E-state index contributed by atoms with van der Waals surface area (Å²) in [4.78, 5) is 12.4. The lowest BCUT2D eigenvalue weighted by Gasteiger charge is -2.15. The highest BCUT2D eigenvalue weighted by Crippen LogP contribution is 2.17. The van der Waals surface area contributed by atoms with Crippen LogP contribution in [0.2, 0.25) is 0 Å². The molecule has 0 saturated carbocycles. The zero-order valence-corrected chi connectivity index (χ0v) is 14.5. The maximum absolute atomic E-state index is 13.0. The van der Waals surface area contributed by atoms with Gasteiger partial charge in [-0.05, 0) is 42.8 Å². The van der Waals surface area contributed by atoms with E-state index in [1.54, 1.807) is 25.1 Å². The molecule has 0 aliphatic carbocycles. The SMILES string of the molecule is C[C@@H](NC(=O)c1cccc(S(=O)(=O)N(C)C)c1)c1ccc(F)cc1. The van der Waals surface area contributed by atoms with E-state index >= 15 is 0 Å². The van der Waals surface area contributed by atoms with Crippen molar-refractivity contribution < 1.29 is 17.6 Å². The van der Waals surface area contributed by atoms with Gasteiger partial charge in [-0.1, -0.05) is 18.2 Å². The van der Waals surface area contributed by atoms with E-state index in [0.29, 0.717) is 0 Å². The zero-order valence-electron chi connectivity index (χ0n) is 13.7. The standard InChI is InChI=1S/C17H19FN2O3S/c1-12(13-7-9-15(18)10-8-13)19-17(21)14-5-4-6-16(11-14)24(22,23)20(2)3/h4-12H,1-3H3,(H,19,21)/t12-/m1/s1. The summed E-state index contributed by atoms with van der Waals surface area (Å²) < 4.78 is 38.3. The molecule has 1 amide bonds. The average Bonchev–Trinajstić information content (AvgIpc) is 2.55. The molecule has 0 saturated heterocycles. The number of halogens is 1. The van der Waals surface area contributed by atoms with Crippen molar-refractivity contribution in [1.29, 1.82) is 0 Å². The molecular formula is C17H19FN2O3S. The third-order valence-electron chi connectivity index (χ3n) is 3.59. The molecule has 2 aromatic carbocycles. The van der Waals surface area contributed by atoms with Crippen LogP contribution in [0.3, 0.4) is 0 Å². The molecule has 5 nitrogen and oxygen atoms in total. The molecule has 2 aromatic rings. The molecular weight excluding hydrogens is 331 g/mol. The molecule has 0 aromatic heterocycles. The van der Waals surface area contributed by atoms with E-state index in [4.69, 9.17) is 0 Å². The van der Waals surface area contributed by atoms with Gasteiger partial charge in [0.1, 0.15) is 5.82 Å². The van der Waals surface area contributed by atoms with Crippen LogP contribution in [-0.4, -0.2) is 32.7 Å². The Balaban J connectivity index is 2.20. The minimum Gasteiger partial charge on any atom is -0.346 e. The van der Waals surface area contributed by atoms with Gasteiger partial charge in [0.2, 0.25) is 10.0 Å². The molecule has 2 rings (SSSR count). The first-order valence-electron chi connectivity index (χ1n) is 7.31. The quantitative estimate of drug-likeness (QED) is 0.901. The van der Waals surface area contributed by atoms with E-state index in [9.17, 15) is 17.6 Å². The van der Waals surface area contributed by atoms with Crippen LogP contribution in [0.1, 0.15) is 28.9 Å². The number of carbonyl (C=O) groups excluding carboxylic acids is 1. The van der Waals surface area contributed by atoms with Crippen molar-refractivity contribution in [3.05, 3.63) is 65.5 Å². The topological polar surface area (TPSA) is 66.5 Å². The number of carbonyl (C=O) groups is 1. The first-order valence-corrected chi connectivity index (χ1v) is 8.75. The second kappa shape index (κ2) is 7.11. The summed E-state index contributed by atoms with van der Waals surface area (Å²) >= 11 is 0. The second-order valence-electron chi connectivity index (χ2n) is 5.56. The summed E-state index contributed by atoms with van der Waals surface area (Å²) in [6, 6.07) is 11.3. The third kappa shape index (κ3) is 3.98. The maximum Gasteiger partial charge on any atom is 0.251 e. The minimum atomic E-state index is -3.61. The average molecular weight is 350 g/mol. The second-order valence-corrected chi connectivity index (χ2v) is 7.71. The summed E-state index contributed by atoms with van der Waals surface area (Å²) in [6.07, 6.45) is 0. The molecule has 0 heterocycles. The van der Waals surface area contributed by atoms with E-state index in [-0.39, 0.29) is 22.3 Å². The van der Waals surface area contributed by atoms with Crippen LogP contribution in [0.25, 0.3) is 0 Å². The highest BCUT2D eigenvalue weighted by atomic mass is 32.2. The van der Waals surface area contributed by atoms with E-state index in [1.165, 1.54) is 44.4 Å². The number of nitrogens with zero attached hydrogens (tertiary/aromatic N) is 1. The molecule has 7 heteroatoms. The number of nitrogens with one attached hydrogen (secondary N) is 1. The molecule has 24 heavy (non-hydrogen) atoms. The smallest absolute Gasteiger partial charge is 0.251 e. The monoisotopic (exact) mass is 350 g/mol. The largest absolute Gasteiger partial charge is 0.346 e. The van der Waals surface area contributed by atoms with Gasteiger partial charge in [0.25, 0.3) is 5.91 Å². The summed E-state index contributed by atoms with van der Waals surface area (Å²) in [6.45, 7) is 1.77. The van der Waals surface area contributed by atoms with Crippen molar-refractivity contribution in [2.45, 2.75) is 17.9 Å². The van der Waals surface area contributed by atoms with Crippen LogP contribution in [0.4, 0.5) is 4.39 Å². The number of hydrogen-bond acceptors (Lipinski definition) is 3. The van der Waals surface area contributed by atoms with E-state index in [1.807, 2.05) is 0 Å². The van der Waals surface area contributed by atoms with E-state index in [0.717, 1.165) is 9.87 Å². The Morgan fingerprint density at radius 3 is 2.33 bits per heavy atom. The van der Waals surface area contributed by atoms with Gasteiger partial charge in [-0.3, -0.25) is 4.79 Å². The van der Waals surface area contributed by atoms with Gasteiger partial charge in [-0.15, -0.1) is 0 Å². The molecule has 0 bridgehead atoms. The Labute approximate surface area is 141 Å². The molecule has 0 aliphatic rings. The third-order valence-corrected chi connectivity index (χ3v) is 5.40. The summed E-state index contributed by atoms with van der Waals surface area (Å²) in [5, 5.41) is 2.77. The molecule has 128 valence electrons. The number of sulfonamides is 1. The lowest BCUT2D eigenvalue weighted by molar-refractivity contribution is 0.0939. The Morgan fingerprint density at radius 1 is 1.12 bits per heavy atom. The molecule has 0 fully saturated rings. The number of hydrogen-bond donors (Lipinski definition) is 1. The highest BCUT2D eigenvalue weighted by molar-refractivity contribution is 7.89. The van der Waals surface area contributed by atoms with Gasteiger partial charge >= 0.3 is 0 Å². The highest BCUT2D eigenvalue weighted by Gasteiger charge is 2.19. The number of amides is 1. The summed E-state index contributed by atoms with van der Waals surface area (Å²) in [5.41, 5.74) is 0.994. The van der Waals surface area contributed by atoms with E-state index in [2.05, 4.69) is 5.32 Å². The Kier molecular flexibility index (Phi) is 5.36. The predicted molar refractivity (Wildman–Crippen MR) is 89.6 cm³/mol. The lowest BCUT2D eigenvalue weighted by Crippen LogP contribution is -2.27. The fraction of sp³-hybridized carbons (Fsp3) is 0.235. The fourth-order valence-electron chi connectivity index (χ4n) is 2.12. The zero-order chi connectivity index (χ0) is 17.9. The van der Waals surface area contributed by atoms with Crippen molar-refractivity contribution in [3.63, 3.8) is 0 Å². The van der Waals surface area contributed by atoms with Crippen LogP contribution >= 0.6 is 0 Å². The number of benzene rings is 2. The van der Waals surface area contributed by atoms with Crippen LogP contribution in [0.5, 0.6) is 0 Å². The minimum absolute atomic E-state index is 0.0505. The molecule has 0 spiro atoms. The summed E-state index contributed by atoms with van der Waals surface area (Å²) in [5.74, 6) is -0.749. The Hall–Kier alpha value is -2.25. The fourth-order valence-corrected chi connectivity index (χ4v) is 3.07. The molecule has 1 N–H and O–H groups in total. The van der Waals surface area contributed by atoms with Gasteiger partial charge < -0.3 is 5.32 Å². The lowest BCUT2D eigenvalue weighted by atomic mass is 10.1. The van der Waals surface area contributed by atoms with Crippen LogP contribution in [0, 0.1) is 5.82 Å². The van der Waals surface area contributed by atoms with E-state index < -0.39 is 15.9 Å². The normalized spacial score (nSPS) is 12.9. The first kappa shape index (κ1) is 18.1. The maximum atomic E-state index is 13.0. The first-order chi connectivity index (χ1) is 11.2. The van der Waals surface area contributed by atoms with Crippen LogP contribution in [0.15, 0.2) is 53.4 Å². The Bertz CT molecular complexity index is 833. The summed E-state index contributed by atoms with van der Waals surface area (Å²) in [7, 11) is -0.748.